The maximum Gasteiger partial charge on any atom is 0.272 e. The molecule has 0 aliphatic carbocycles. The van der Waals surface area contributed by atoms with Crippen molar-refractivity contribution in [2.45, 2.75) is 19.8 Å². The van der Waals surface area contributed by atoms with E-state index in [1.165, 1.54) is 6.33 Å². The third-order valence-electron chi connectivity index (χ3n) is 4.28. The highest BCUT2D eigenvalue weighted by Gasteiger charge is 2.23. The summed E-state index contributed by atoms with van der Waals surface area (Å²) in [7, 11) is 0. The number of carbonyl (C=O) groups excluding carboxylic acids is 1. The number of ether oxygens (including phenoxy) is 1. The molecular formula is C15H22N4O2. The number of hydrogen-bond acceptors (Lipinski definition) is 5. The molecule has 0 atom stereocenters. The maximum atomic E-state index is 12.5. The Kier molecular flexibility index (Phi) is 4.34. The van der Waals surface area contributed by atoms with E-state index in [2.05, 4.69) is 21.8 Å². The summed E-state index contributed by atoms with van der Waals surface area (Å²) in [4.78, 5) is 25.0. The van der Waals surface area contributed by atoms with Crippen molar-refractivity contribution in [3.63, 3.8) is 0 Å². The first-order valence-electron chi connectivity index (χ1n) is 7.68. The van der Waals surface area contributed by atoms with Gasteiger partial charge in [0.25, 0.3) is 5.91 Å². The number of morpholine rings is 1. The molecule has 2 saturated heterocycles. The highest BCUT2D eigenvalue weighted by molar-refractivity contribution is 5.93. The van der Waals surface area contributed by atoms with Crippen LogP contribution >= 0.6 is 0 Å². The lowest BCUT2D eigenvalue weighted by Gasteiger charge is -2.30. The van der Waals surface area contributed by atoms with Gasteiger partial charge in [0.15, 0.2) is 0 Å². The van der Waals surface area contributed by atoms with Crippen molar-refractivity contribution in [1.29, 1.82) is 0 Å². The van der Waals surface area contributed by atoms with Crippen LogP contribution in [0.1, 0.15) is 30.3 Å². The predicted octanol–water partition coefficient (Wildman–Crippen LogP) is 1.19. The summed E-state index contributed by atoms with van der Waals surface area (Å²) in [6.45, 7) is 6.93. The van der Waals surface area contributed by atoms with E-state index < -0.39 is 0 Å². The third kappa shape index (κ3) is 3.32. The topological polar surface area (TPSA) is 58.6 Å². The fourth-order valence-electron chi connectivity index (χ4n) is 2.80. The van der Waals surface area contributed by atoms with Gasteiger partial charge in [-0.1, -0.05) is 6.92 Å². The lowest BCUT2D eigenvalue weighted by atomic mass is 9.99. The van der Waals surface area contributed by atoms with Crippen molar-refractivity contribution < 1.29 is 9.53 Å². The second-order valence-corrected chi connectivity index (χ2v) is 5.84. The van der Waals surface area contributed by atoms with Crippen LogP contribution in [0.2, 0.25) is 0 Å². The Morgan fingerprint density at radius 2 is 1.90 bits per heavy atom. The van der Waals surface area contributed by atoms with Crippen molar-refractivity contribution in [3.8, 4) is 0 Å². The molecular weight excluding hydrogens is 268 g/mol. The van der Waals surface area contributed by atoms with Crippen LogP contribution < -0.4 is 4.90 Å². The van der Waals surface area contributed by atoms with Gasteiger partial charge >= 0.3 is 0 Å². The number of hydrogen-bond donors (Lipinski definition) is 0. The SMILES string of the molecule is CC1CCN(C(=O)c2cc(N3CCOCC3)ncn2)CC1. The van der Waals surface area contributed by atoms with Crippen molar-refractivity contribution in [2.24, 2.45) is 5.92 Å². The summed E-state index contributed by atoms with van der Waals surface area (Å²) in [5.74, 6) is 1.56. The van der Waals surface area contributed by atoms with E-state index in [-0.39, 0.29) is 5.91 Å². The van der Waals surface area contributed by atoms with Crippen molar-refractivity contribution in [1.82, 2.24) is 14.9 Å². The molecule has 3 heterocycles. The lowest BCUT2D eigenvalue weighted by molar-refractivity contribution is 0.0691. The molecule has 0 aromatic carbocycles. The third-order valence-corrected chi connectivity index (χ3v) is 4.28. The second kappa shape index (κ2) is 6.39. The number of rotatable bonds is 2. The molecule has 0 spiro atoms. The van der Waals surface area contributed by atoms with E-state index in [1.807, 2.05) is 11.0 Å². The van der Waals surface area contributed by atoms with Gasteiger partial charge in [-0.25, -0.2) is 9.97 Å². The summed E-state index contributed by atoms with van der Waals surface area (Å²) in [6, 6.07) is 1.81. The highest BCUT2D eigenvalue weighted by atomic mass is 16.5. The molecule has 3 rings (SSSR count). The number of likely N-dealkylation sites (tertiary alicyclic amines) is 1. The highest BCUT2D eigenvalue weighted by Crippen LogP contribution is 2.19. The Morgan fingerprint density at radius 1 is 1.19 bits per heavy atom. The Morgan fingerprint density at radius 3 is 2.62 bits per heavy atom. The standard InChI is InChI=1S/C15H22N4O2/c1-12-2-4-19(5-3-12)15(20)13-10-14(17-11-16-13)18-6-8-21-9-7-18/h10-12H,2-9H2,1H3. The van der Waals surface area contributed by atoms with E-state index in [9.17, 15) is 4.79 Å². The van der Waals surface area contributed by atoms with Gasteiger partial charge in [-0.05, 0) is 18.8 Å². The Labute approximate surface area is 125 Å². The second-order valence-electron chi connectivity index (χ2n) is 5.84. The van der Waals surface area contributed by atoms with E-state index in [0.29, 0.717) is 24.8 Å². The summed E-state index contributed by atoms with van der Waals surface area (Å²) in [6.07, 6.45) is 3.64. The number of aromatic nitrogens is 2. The quantitative estimate of drug-likeness (QED) is 0.819. The molecule has 0 bridgehead atoms. The average Bonchev–Trinajstić information content (AvgIpc) is 2.56. The summed E-state index contributed by atoms with van der Waals surface area (Å²) >= 11 is 0. The normalized spacial score (nSPS) is 20.6. The van der Waals surface area contributed by atoms with Gasteiger partial charge < -0.3 is 14.5 Å². The molecule has 1 amide bonds. The minimum atomic E-state index is 0.0267. The zero-order valence-corrected chi connectivity index (χ0v) is 12.5. The molecule has 1 aromatic heterocycles. The van der Waals surface area contributed by atoms with E-state index in [0.717, 1.165) is 44.8 Å². The van der Waals surface area contributed by atoms with Gasteiger partial charge in [-0.15, -0.1) is 0 Å². The summed E-state index contributed by atoms with van der Waals surface area (Å²) in [5, 5.41) is 0. The van der Waals surface area contributed by atoms with Crippen LogP contribution in [0.25, 0.3) is 0 Å². The van der Waals surface area contributed by atoms with Crippen LogP contribution in [0.3, 0.4) is 0 Å². The summed E-state index contributed by atoms with van der Waals surface area (Å²) < 4.78 is 5.34. The predicted molar refractivity (Wildman–Crippen MR) is 79.4 cm³/mol. The molecule has 114 valence electrons. The fourth-order valence-corrected chi connectivity index (χ4v) is 2.80. The van der Waals surface area contributed by atoms with E-state index in [1.54, 1.807) is 0 Å². The van der Waals surface area contributed by atoms with Crippen LogP contribution in [0.5, 0.6) is 0 Å². The van der Waals surface area contributed by atoms with Crippen LogP contribution in [-0.4, -0.2) is 60.2 Å². The fraction of sp³-hybridized carbons (Fsp3) is 0.667. The van der Waals surface area contributed by atoms with E-state index >= 15 is 0 Å². The van der Waals surface area contributed by atoms with Gasteiger partial charge in [0, 0.05) is 32.2 Å². The molecule has 0 N–H and O–H groups in total. The number of carbonyl (C=O) groups is 1. The molecule has 0 unspecified atom stereocenters. The van der Waals surface area contributed by atoms with Gasteiger partial charge in [0.05, 0.1) is 13.2 Å². The Balaban J connectivity index is 1.71. The molecule has 21 heavy (non-hydrogen) atoms. The molecule has 2 fully saturated rings. The van der Waals surface area contributed by atoms with Crippen molar-refractivity contribution >= 4 is 11.7 Å². The zero-order chi connectivity index (χ0) is 14.7. The number of piperidine rings is 1. The average molecular weight is 290 g/mol. The van der Waals surface area contributed by atoms with Crippen LogP contribution in [0, 0.1) is 5.92 Å². The largest absolute Gasteiger partial charge is 0.378 e. The smallest absolute Gasteiger partial charge is 0.272 e. The summed E-state index contributed by atoms with van der Waals surface area (Å²) in [5.41, 5.74) is 0.501. The number of amides is 1. The first-order valence-corrected chi connectivity index (χ1v) is 7.68. The van der Waals surface area contributed by atoms with Crippen molar-refractivity contribution in [3.05, 3.63) is 18.1 Å². The monoisotopic (exact) mass is 290 g/mol. The minimum absolute atomic E-state index is 0.0267. The molecule has 6 heteroatoms. The van der Waals surface area contributed by atoms with Gasteiger partial charge in [0.2, 0.25) is 0 Å². The first-order chi connectivity index (χ1) is 10.2. The van der Waals surface area contributed by atoms with Crippen LogP contribution in [0.15, 0.2) is 12.4 Å². The molecule has 0 radical (unpaired) electrons. The molecule has 2 aliphatic heterocycles. The van der Waals surface area contributed by atoms with Crippen LogP contribution in [-0.2, 0) is 4.74 Å². The first kappa shape index (κ1) is 14.3. The number of nitrogens with zero attached hydrogens (tertiary/aromatic N) is 4. The lowest BCUT2D eigenvalue weighted by Crippen LogP contribution is -2.39. The van der Waals surface area contributed by atoms with E-state index in [4.69, 9.17) is 4.74 Å². The van der Waals surface area contributed by atoms with Gasteiger partial charge in [-0.3, -0.25) is 4.79 Å². The van der Waals surface area contributed by atoms with Gasteiger partial charge in [0.1, 0.15) is 17.8 Å². The maximum absolute atomic E-state index is 12.5. The molecule has 0 saturated carbocycles. The molecule has 6 nitrogen and oxygen atoms in total. The van der Waals surface area contributed by atoms with Crippen LogP contribution in [0.4, 0.5) is 5.82 Å². The number of anilines is 1. The zero-order valence-electron chi connectivity index (χ0n) is 12.5. The van der Waals surface area contributed by atoms with Crippen molar-refractivity contribution in [2.75, 3.05) is 44.3 Å². The minimum Gasteiger partial charge on any atom is -0.378 e. The van der Waals surface area contributed by atoms with Gasteiger partial charge in [-0.2, -0.15) is 0 Å². The Bertz CT molecular complexity index is 494. The Hall–Kier alpha value is -1.69. The molecule has 2 aliphatic rings. The molecule has 1 aromatic rings.